The van der Waals surface area contributed by atoms with Crippen molar-refractivity contribution >= 4 is 5.97 Å². The zero-order valence-corrected chi connectivity index (χ0v) is 13.0. The van der Waals surface area contributed by atoms with Gasteiger partial charge in [0.1, 0.15) is 0 Å². The molecule has 0 amide bonds. The highest BCUT2D eigenvalue weighted by atomic mass is 16.5. The number of benzene rings is 1. The first-order valence-corrected chi connectivity index (χ1v) is 8.03. The molecule has 0 bridgehead atoms. The van der Waals surface area contributed by atoms with Crippen molar-refractivity contribution in [1.29, 1.82) is 0 Å². The average Bonchev–Trinajstić information content (AvgIpc) is 3.06. The van der Waals surface area contributed by atoms with Crippen LogP contribution in [0.3, 0.4) is 0 Å². The summed E-state index contributed by atoms with van der Waals surface area (Å²) in [7, 11) is 0. The number of hydrogen-bond donors (Lipinski definition) is 0. The Bertz CT molecular complexity index is 635. The van der Waals surface area contributed by atoms with E-state index in [0.717, 1.165) is 19.4 Å². The van der Waals surface area contributed by atoms with Gasteiger partial charge in [0.25, 0.3) is 0 Å². The topological polar surface area (TPSA) is 44.1 Å². The van der Waals surface area contributed by atoms with Gasteiger partial charge in [-0.1, -0.05) is 6.07 Å². The fraction of sp³-hybridized carbons (Fsp3) is 0.444. The first kappa shape index (κ1) is 14.8. The Labute approximate surface area is 131 Å². The fourth-order valence-corrected chi connectivity index (χ4v) is 3.28. The van der Waals surface area contributed by atoms with Gasteiger partial charge in [0.05, 0.1) is 18.5 Å². The van der Waals surface area contributed by atoms with E-state index in [1.165, 1.54) is 24.0 Å². The number of hydrogen-bond acceptors (Lipinski definition) is 3. The van der Waals surface area contributed by atoms with E-state index in [1.807, 2.05) is 37.8 Å². The molecule has 4 nitrogen and oxygen atoms in total. The molecule has 0 spiro atoms. The van der Waals surface area contributed by atoms with E-state index >= 15 is 0 Å². The highest BCUT2D eigenvalue weighted by Gasteiger charge is 2.21. The number of carbonyl (C=O) groups excluding carboxylic acids is 1. The van der Waals surface area contributed by atoms with Crippen LogP contribution in [0.15, 0.2) is 36.9 Å². The minimum absolute atomic E-state index is 0.217. The number of aromatic nitrogens is 2. The molecule has 1 heterocycles. The fourth-order valence-electron chi connectivity index (χ4n) is 3.28. The molecule has 0 N–H and O–H groups in total. The summed E-state index contributed by atoms with van der Waals surface area (Å²) in [6.45, 7) is 3.25. The normalized spacial score (nSPS) is 17.0. The molecule has 0 saturated carbocycles. The first-order chi connectivity index (χ1) is 10.8. The second-order valence-corrected chi connectivity index (χ2v) is 5.81. The van der Waals surface area contributed by atoms with Crippen LogP contribution < -0.4 is 0 Å². The molecular formula is C18H22N2O2. The van der Waals surface area contributed by atoms with Crippen molar-refractivity contribution in [3.05, 3.63) is 53.6 Å². The molecule has 2 aromatic rings. The summed E-state index contributed by atoms with van der Waals surface area (Å²) in [5, 5.41) is 0. The lowest BCUT2D eigenvalue weighted by molar-refractivity contribution is 0.0526. The second-order valence-electron chi connectivity index (χ2n) is 5.81. The number of aryl methyl sites for hydroxylation is 2. The van der Waals surface area contributed by atoms with Crippen LogP contribution in [0.2, 0.25) is 0 Å². The number of carbonyl (C=O) groups is 1. The van der Waals surface area contributed by atoms with Gasteiger partial charge in [-0.25, -0.2) is 9.78 Å². The van der Waals surface area contributed by atoms with Crippen molar-refractivity contribution in [1.82, 2.24) is 9.55 Å². The van der Waals surface area contributed by atoms with Crippen LogP contribution in [0, 0.1) is 0 Å². The summed E-state index contributed by atoms with van der Waals surface area (Å²) in [4.78, 5) is 16.0. The van der Waals surface area contributed by atoms with E-state index in [-0.39, 0.29) is 5.97 Å². The number of nitrogens with zero attached hydrogens (tertiary/aromatic N) is 2. The van der Waals surface area contributed by atoms with Crippen LogP contribution in [-0.2, 0) is 17.7 Å². The molecule has 0 fully saturated rings. The molecule has 1 atom stereocenters. The summed E-state index contributed by atoms with van der Waals surface area (Å²) >= 11 is 0. The summed E-state index contributed by atoms with van der Waals surface area (Å²) in [5.74, 6) is 0.355. The van der Waals surface area contributed by atoms with Gasteiger partial charge in [-0.15, -0.1) is 0 Å². The molecule has 22 heavy (non-hydrogen) atoms. The molecule has 1 aliphatic rings. The maximum Gasteiger partial charge on any atom is 0.338 e. The molecule has 0 radical (unpaired) electrons. The number of imidazole rings is 1. The molecule has 1 aromatic carbocycles. The predicted octanol–water partition coefficient (Wildman–Crippen LogP) is 3.57. The molecule has 1 unspecified atom stereocenters. The molecule has 1 aromatic heterocycles. The zero-order chi connectivity index (χ0) is 15.4. The van der Waals surface area contributed by atoms with E-state index in [4.69, 9.17) is 4.74 Å². The summed E-state index contributed by atoms with van der Waals surface area (Å²) in [6, 6.07) is 6.06. The van der Waals surface area contributed by atoms with Gasteiger partial charge < -0.3 is 9.30 Å². The highest BCUT2D eigenvalue weighted by molar-refractivity contribution is 5.89. The second kappa shape index (κ2) is 6.77. The largest absolute Gasteiger partial charge is 0.462 e. The van der Waals surface area contributed by atoms with E-state index in [1.54, 1.807) is 0 Å². The van der Waals surface area contributed by atoms with Crippen LogP contribution in [0.25, 0.3) is 0 Å². The Kier molecular flexibility index (Phi) is 4.56. The maximum atomic E-state index is 11.9. The Morgan fingerprint density at radius 2 is 2.36 bits per heavy atom. The lowest BCUT2D eigenvalue weighted by atomic mass is 9.80. The molecule has 1 aliphatic carbocycles. The molecule has 4 heteroatoms. The minimum Gasteiger partial charge on any atom is -0.462 e. The van der Waals surface area contributed by atoms with Gasteiger partial charge in [-0.2, -0.15) is 0 Å². The van der Waals surface area contributed by atoms with Gasteiger partial charge in [0, 0.05) is 18.9 Å². The summed E-state index contributed by atoms with van der Waals surface area (Å²) in [6.07, 6.45) is 10.3. The minimum atomic E-state index is -0.217. The molecule has 0 saturated heterocycles. The van der Waals surface area contributed by atoms with Crippen LogP contribution in [-0.4, -0.2) is 22.1 Å². The van der Waals surface area contributed by atoms with Crippen molar-refractivity contribution in [2.75, 3.05) is 6.61 Å². The van der Waals surface area contributed by atoms with Crippen LogP contribution in [0.4, 0.5) is 0 Å². The molecular weight excluding hydrogens is 276 g/mol. The third-order valence-corrected chi connectivity index (χ3v) is 4.39. The van der Waals surface area contributed by atoms with E-state index in [2.05, 4.69) is 15.6 Å². The first-order valence-electron chi connectivity index (χ1n) is 8.03. The van der Waals surface area contributed by atoms with Crippen molar-refractivity contribution < 1.29 is 9.53 Å². The molecule has 3 rings (SSSR count). The van der Waals surface area contributed by atoms with Gasteiger partial charge in [-0.3, -0.25) is 0 Å². The maximum absolute atomic E-state index is 11.9. The summed E-state index contributed by atoms with van der Waals surface area (Å²) in [5.41, 5.74) is 3.39. The third-order valence-electron chi connectivity index (χ3n) is 4.39. The van der Waals surface area contributed by atoms with Gasteiger partial charge >= 0.3 is 5.97 Å². The number of ether oxygens (including phenoxy) is 1. The zero-order valence-electron chi connectivity index (χ0n) is 13.0. The van der Waals surface area contributed by atoms with Gasteiger partial charge in [-0.05, 0) is 61.8 Å². The number of rotatable bonds is 5. The summed E-state index contributed by atoms with van der Waals surface area (Å²) < 4.78 is 7.22. The van der Waals surface area contributed by atoms with Crippen LogP contribution in [0.1, 0.15) is 53.6 Å². The number of fused-ring (bicyclic) bond motifs is 1. The predicted molar refractivity (Wildman–Crippen MR) is 84.9 cm³/mol. The Morgan fingerprint density at radius 1 is 1.45 bits per heavy atom. The SMILES string of the molecule is CCOC(=O)c1ccc2c(c1)CCCC2CCn1ccnc1. The van der Waals surface area contributed by atoms with Crippen molar-refractivity contribution in [3.63, 3.8) is 0 Å². The smallest absolute Gasteiger partial charge is 0.338 e. The van der Waals surface area contributed by atoms with Crippen molar-refractivity contribution in [2.45, 2.75) is 45.1 Å². The number of esters is 1. The van der Waals surface area contributed by atoms with E-state index < -0.39 is 0 Å². The standard InChI is InChI=1S/C18H22N2O2/c1-2-22-18(21)16-6-7-17-14(4-3-5-15(17)12-16)8-10-20-11-9-19-13-20/h6-7,9,11-14H,2-5,8,10H2,1H3. The molecule has 0 aliphatic heterocycles. The monoisotopic (exact) mass is 298 g/mol. The average molecular weight is 298 g/mol. The Hall–Kier alpha value is -2.10. The van der Waals surface area contributed by atoms with Crippen LogP contribution in [0.5, 0.6) is 0 Å². The van der Waals surface area contributed by atoms with Crippen molar-refractivity contribution in [2.24, 2.45) is 0 Å². The lowest BCUT2D eigenvalue weighted by Crippen LogP contribution is -2.14. The van der Waals surface area contributed by atoms with Gasteiger partial charge in [0.2, 0.25) is 0 Å². The van der Waals surface area contributed by atoms with Gasteiger partial charge in [0.15, 0.2) is 0 Å². The Morgan fingerprint density at radius 3 is 3.14 bits per heavy atom. The Balaban J connectivity index is 1.74. The quantitative estimate of drug-likeness (QED) is 0.793. The van der Waals surface area contributed by atoms with E-state index in [9.17, 15) is 4.79 Å². The van der Waals surface area contributed by atoms with E-state index in [0.29, 0.717) is 18.1 Å². The third kappa shape index (κ3) is 3.21. The van der Waals surface area contributed by atoms with Crippen molar-refractivity contribution in [3.8, 4) is 0 Å². The lowest BCUT2D eigenvalue weighted by Gasteiger charge is -2.26. The van der Waals surface area contributed by atoms with Crippen LogP contribution >= 0.6 is 0 Å². The highest BCUT2D eigenvalue weighted by Crippen LogP contribution is 2.34. The molecule has 116 valence electrons.